The third kappa shape index (κ3) is 3.67. The Morgan fingerprint density at radius 1 is 1.47 bits per heavy atom. The lowest BCUT2D eigenvalue weighted by atomic mass is 10.1. The number of aliphatic hydroxyl groups excluding tert-OH is 1. The number of carbonyl (C=O) groups is 1. The van der Waals surface area contributed by atoms with E-state index in [4.69, 9.17) is 4.74 Å². The fourth-order valence-corrected chi connectivity index (χ4v) is 1.66. The lowest BCUT2D eigenvalue weighted by Gasteiger charge is -2.15. The van der Waals surface area contributed by atoms with Gasteiger partial charge in [-0.25, -0.2) is 4.39 Å². The highest BCUT2D eigenvalue weighted by atomic mass is 19.1. The van der Waals surface area contributed by atoms with E-state index in [9.17, 15) is 14.3 Å². The van der Waals surface area contributed by atoms with Crippen molar-refractivity contribution >= 4 is 5.91 Å². The summed E-state index contributed by atoms with van der Waals surface area (Å²) in [4.78, 5) is 11.7. The molecule has 104 valence electrons. The molecule has 4 nitrogen and oxygen atoms in total. The molecule has 1 aliphatic rings. The van der Waals surface area contributed by atoms with Gasteiger partial charge in [-0.1, -0.05) is 6.07 Å². The SMILES string of the molecule is CC(Oc1ccc(C(C)O)cc1F)C(=O)NC1CC1. The van der Waals surface area contributed by atoms with Gasteiger partial charge in [-0.3, -0.25) is 4.79 Å². The molecule has 0 spiro atoms. The molecular formula is C14H18FNO3. The van der Waals surface area contributed by atoms with E-state index in [0.29, 0.717) is 5.56 Å². The summed E-state index contributed by atoms with van der Waals surface area (Å²) in [5.41, 5.74) is 0.472. The van der Waals surface area contributed by atoms with Crippen LogP contribution in [0.5, 0.6) is 5.75 Å². The Labute approximate surface area is 111 Å². The second kappa shape index (κ2) is 5.57. The largest absolute Gasteiger partial charge is 0.478 e. The molecule has 1 aromatic carbocycles. The van der Waals surface area contributed by atoms with Crippen molar-refractivity contribution < 1.29 is 19.0 Å². The second-order valence-corrected chi connectivity index (χ2v) is 4.91. The molecule has 2 atom stereocenters. The predicted molar refractivity (Wildman–Crippen MR) is 68.3 cm³/mol. The van der Waals surface area contributed by atoms with Gasteiger partial charge in [0.25, 0.3) is 5.91 Å². The first-order valence-corrected chi connectivity index (χ1v) is 6.42. The molecule has 2 rings (SSSR count). The number of halogens is 1. The zero-order valence-electron chi connectivity index (χ0n) is 11.0. The van der Waals surface area contributed by atoms with E-state index in [-0.39, 0.29) is 17.7 Å². The van der Waals surface area contributed by atoms with Crippen molar-refractivity contribution in [2.45, 2.75) is 44.9 Å². The highest BCUT2D eigenvalue weighted by Crippen LogP contribution is 2.23. The molecule has 0 aromatic heterocycles. The Morgan fingerprint density at radius 2 is 2.16 bits per heavy atom. The van der Waals surface area contributed by atoms with Crippen LogP contribution in [0.25, 0.3) is 0 Å². The summed E-state index contributed by atoms with van der Waals surface area (Å²) in [5.74, 6) is -0.797. The summed E-state index contributed by atoms with van der Waals surface area (Å²) < 4.78 is 19.0. The minimum absolute atomic E-state index is 0.0165. The van der Waals surface area contributed by atoms with Crippen LogP contribution in [0.3, 0.4) is 0 Å². The van der Waals surface area contributed by atoms with E-state index in [0.717, 1.165) is 12.8 Å². The van der Waals surface area contributed by atoms with Crippen molar-refractivity contribution in [1.29, 1.82) is 0 Å². The fraction of sp³-hybridized carbons (Fsp3) is 0.500. The standard InChI is InChI=1S/C14H18FNO3/c1-8(17)10-3-6-13(12(15)7-10)19-9(2)14(18)16-11-4-5-11/h3,6-9,11,17H,4-5H2,1-2H3,(H,16,18). The molecule has 0 radical (unpaired) electrons. The maximum Gasteiger partial charge on any atom is 0.260 e. The number of amides is 1. The van der Waals surface area contributed by atoms with Gasteiger partial charge in [-0.2, -0.15) is 0 Å². The van der Waals surface area contributed by atoms with Gasteiger partial charge in [0.05, 0.1) is 6.10 Å². The molecule has 0 heterocycles. The van der Waals surface area contributed by atoms with E-state index in [1.165, 1.54) is 12.1 Å². The van der Waals surface area contributed by atoms with Crippen molar-refractivity contribution in [1.82, 2.24) is 5.32 Å². The normalized spacial score (nSPS) is 17.7. The molecule has 2 unspecified atom stereocenters. The molecule has 1 aromatic rings. The molecule has 1 amide bonds. The van der Waals surface area contributed by atoms with Gasteiger partial charge < -0.3 is 15.2 Å². The van der Waals surface area contributed by atoms with Gasteiger partial charge in [-0.15, -0.1) is 0 Å². The van der Waals surface area contributed by atoms with Gasteiger partial charge in [0, 0.05) is 6.04 Å². The summed E-state index contributed by atoms with van der Waals surface area (Å²) in [6, 6.07) is 4.47. The van der Waals surface area contributed by atoms with Crippen molar-refractivity contribution in [2.24, 2.45) is 0 Å². The number of rotatable bonds is 5. The number of aliphatic hydroxyl groups is 1. The molecule has 5 heteroatoms. The first-order valence-electron chi connectivity index (χ1n) is 6.42. The third-order valence-electron chi connectivity index (χ3n) is 3.04. The molecule has 0 bridgehead atoms. The van der Waals surface area contributed by atoms with E-state index in [1.54, 1.807) is 19.9 Å². The Morgan fingerprint density at radius 3 is 2.68 bits per heavy atom. The number of ether oxygens (including phenoxy) is 1. The molecule has 0 aliphatic heterocycles. The van der Waals surface area contributed by atoms with Crippen LogP contribution in [0.4, 0.5) is 4.39 Å². The molecule has 1 aliphatic carbocycles. The quantitative estimate of drug-likeness (QED) is 0.857. The van der Waals surface area contributed by atoms with Crippen LogP contribution >= 0.6 is 0 Å². The maximum atomic E-state index is 13.7. The smallest absolute Gasteiger partial charge is 0.260 e. The van der Waals surface area contributed by atoms with E-state index < -0.39 is 18.0 Å². The van der Waals surface area contributed by atoms with E-state index in [1.807, 2.05) is 0 Å². The molecule has 0 saturated heterocycles. The average Bonchev–Trinajstić information content (AvgIpc) is 3.15. The second-order valence-electron chi connectivity index (χ2n) is 4.91. The first-order chi connectivity index (χ1) is 8.97. The maximum absolute atomic E-state index is 13.7. The Bertz CT molecular complexity index is 472. The Balaban J connectivity index is 1.99. The number of hydrogen-bond donors (Lipinski definition) is 2. The van der Waals surface area contributed by atoms with Crippen LogP contribution in [0.2, 0.25) is 0 Å². The van der Waals surface area contributed by atoms with Gasteiger partial charge in [-0.05, 0) is 44.4 Å². The zero-order chi connectivity index (χ0) is 14.0. The highest BCUT2D eigenvalue weighted by Gasteiger charge is 2.26. The minimum Gasteiger partial charge on any atom is -0.478 e. The average molecular weight is 267 g/mol. The summed E-state index contributed by atoms with van der Waals surface area (Å²) in [5, 5.41) is 12.1. The summed E-state index contributed by atoms with van der Waals surface area (Å²) >= 11 is 0. The van der Waals surface area contributed by atoms with Crippen molar-refractivity contribution in [3.8, 4) is 5.75 Å². The van der Waals surface area contributed by atoms with Crippen molar-refractivity contribution in [3.63, 3.8) is 0 Å². The molecular weight excluding hydrogens is 249 g/mol. The number of benzene rings is 1. The van der Waals surface area contributed by atoms with E-state index in [2.05, 4.69) is 5.32 Å². The molecule has 1 saturated carbocycles. The van der Waals surface area contributed by atoms with E-state index >= 15 is 0 Å². The highest BCUT2D eigenvalue weighted by molar-refractivity contribution is 5.81. The van der Waals surface area contributed by atoms with Gasteiger partial charge in [0.2, 0.25) is 0 Å². The Kier molecular flexibility index (Phi) is 4.04. The number of carbonyl (C=O) groups excluding carboxylic acids is 1. The number of hydrogen-bond acceptors (Lipinski definition) is 3. The molecule has 1 fully saturated rings. The summed E-state index contributed by atoms with van der Waals surface area (Å²) in [7, 11) is 0. The molecule has 2 N–H and O–H groups in total. The predicted octanol–water partition coefficient (Wildman–Crippen LogP) is 1.92. The third-order valence-corrected chi connectivity index (χ3v) is 3.04. The topological polar surface area (TPSA) is 58.6 Å². The van der Waals surface area contributed by atoms with Crippen LogP contribution in [0.1, 0.15) is 38.4 Å². The number of nitrogens with one attached hydrogen (secondary N) is 1. The lowest BCUT2D eigenvalue weighted by molar-refractivity contribution is -0.127. The van der Waals surface area contributed by atoms with Gasteiger partial charge in [0.1, 0.15) is 0 Å². The van der Waals surface area contributed by atoms with Crippen LogP contribution in [0.15, 0.2) is 18.2 Å². The van der Waals surface area contributed by atoms with Crippen molar-refractivity contribution in [3.05, 3.63) is 29.6 Å². The minimum atomic E-state index is -0.743. The van der Waals surface area contributed by atoms with Crippen LogP contribution in [-0.4, -0.2) is 23.2 Å². The van der Waals surface area contributed by atoms with Gasteiger partial charge >= 0.3 is 0 Å². The van der Waals surface area contributed by atoms with Crippen LogP contribution in [0, 0.1) is 5.82 Å². The summed E-state index contributed by atoms with van der Waals surface area (Å²) in [6.07, 6.45) is 0.512. The summed E-state index contributed by atoms with van der Waals surface area (Å²) in [6.45, 7) is 3.14. The lowest BCUT2D eigenvalue weighted by Crippen LogP contribution is -2.37. The Hall–Kier alpha value is -1.62. The van der Waals surface area contributed by atoms with Crippen LogP contribution in [-0.2, 0) is 4.79 Å². The van der Waals surface area contributed by atoms with Crippen molar-refractivity contribution in [2.75, 3.05) is 0 Å². The first kappa shape index (κ1) is 13.8. The molecule has 19 heavy (non-hydrogen) atoms. The fourth-order valence-electron chi connectivity index (χ4n) is 1.66. The monoisotopic (exact) mass is 267 g/mol. The zero-order valence-corrected chi connectivity index (χ0v) is 11.0. The van der Waals surface area contributed by atoms with Gasteiger partial charge in [0.15, 0.2) is 17.7 Å². The van der Waals surface area contributed by atoms with Crippen LogP contribution < -0.4 is 10.1 Å².